The molecule has 0 aliphatic rings. The number of benzene rings is 8. The van der Waals surface area contributed by atoms with Crippen molar-refractivity contribution in [3.05, 3.63) is 158 Å². The normalized spacial score (nSPS) is 11.9. The third-order valence-corrected chi connectivity index (χ3v) is 13.4. The molecule has 0 atom stereocenters. The molecule has 12 aromatic rings. The van der Waals surface area contributed by atoms with Crippen LogP contribution in [-0.4, -0.2) is 63.3 Å². The van der Waals surface area contributed by atoms with Crippen molar-refractivity contribution in [2.75, 3.05) is 0 Å². The molecule has 4 aromatic heterocycles. The second kappa shape index (κ2) is 13.8. The minimum atomic E-state index is 0.577. The van der Waals surface area contributed by atoms with Crippen molar-refractivity contribution in [1.29, 1.82) is 0 Å². The van der Waals surface area contributed by atoms with Gasteiger partial charge in [-0.15, -0.1) is 16.4 Å². The molecule has 6 nitrogen and oxygen atoms in total. The van der Waals surface area contributed by atoms with Gasteiger partial charge in [-0.3, -0.25) is 4.57 Å². The van der Waals surface area contributed by atoms with Crippen LogP contribution in [-0.2, 0) is 0 Å². The molecule has 0 fully saturated rings. The average Bonchev–Trinajstić information content (AvgIpc) is 3.97. The van der Waals surface area contributed by atoms with Crippen LogP contribution in [0.25, 0.3) is 111 Å². The van der Waals surface area contributed by atoms with Gasteiger partial charge in [-0.2, -0.15) is 9.97 Å². The summed E-state index contributed by atoms with van der Waals surface area (Å²) in [6, 6.07) is 55.8. The van der Waals surface area contributed by atoms with Gasteiger partial charge in [0.25, 0.3) is 0 Å². The molecule has 11 heteroatoms. The van der Waals surface area contributed by atoms with Crippen LogP contribution in [0.4, 0.5) is 0 Å². The summed E-state index contributed by atoms with van der Waals surface area (Å²) in [6.45, 7) is 0. The van der Waals surface area contributed by atoms with Crippen LogP contribution >= 0.6 is 0 Å². The highest BCUT2D eigenvalue weighted by atomic mass is 16.3. The standard InChI is InChI=1S/C51H36B5N5O/c52-44-43(45(53)47(55)48(56)46(44)54)50-57-49(58-51(59-50)61-38-16-8-5-12-31(38)32-13-6-9-17-39(32)61)29-19-22-35-36-23-20-30(26-42(36)62-41(35)25-29)60-37-15-7-4-14-33(37)34-21-18-28(24-40(34)60)27-10-2-1-3-11-27/h1-26H,52-56H2. The second-order valence-electron chi connectivity index (χ2n) is 16.6. The zero-order valence-corrected chi connectivity index (χ0v) is 35.2. The van der Waals surface area contributed by atoms with E-state index in [-0.39, 0.29) is 0 Å². The first-order valence-corrected chi connectivity index (χ1v) is 21.2. The number of para-hydroxylation sites is 3. The molecule has 286 valence electrons. The lowest BCUT2D eigenvalue weighted by Gasteiger charge is -2.20. The Morgan fingerprint density at radius 1 is 0.355 bits per heavy atom. The van der Waals surface area contributed by atoms with Crippen molar-refractivity contribution in [1.82, 2.24) is 24.1 Å². The van der Waals surface area contributed by atoms with Crippen LogP contribution in [0, 0.1) is 0 Å². The Hall–Kier alpha value is -7.51. The minimum Gasteiger partial charge on any atom is -0.456 e. The fraction of sp³-hybridized carbons (Fsp3) is 0. The van der Waals surface area contributed by atoms with E-state index in [0.29, 0.717) is 17.6 Å². The Morgan fingerprint density at radius 3 is 1.52 bits per heavy atom. The van der Waals surface area contributed by atoms with Crippen molar-refractivity contribution in [3.63, 3.8) is 0 Å². The topological polar surface area (TPSA) is 61.7 Å². The molecular formula is C51H36B5N5O. The number of hydrogen-bond acceptors (Lipinski definition) is 4. The maximum absolute atomic E-state index is 6.80. The van der Waals surface area contributed by atoms with Crippen molar-refractivity contribution in [2.45, 2.75) is 0 Å². The van der Waals surface area contributed by atoms with Gasteiger partial charge in [0, 0.05) is 55.2 Å². The maximum atomic E-state index is 6.80. The molecule has 62 heavy (non-hydrogen) atoms. The Bertz CT molecular complexity index is 3750. The fourth-order valence-electron chi connectivity index (χ4n) is 9.78. The first-order valence-electron chi connectivity index (χ1n) is 21.2. The van der Waals surface area contributed by atoms with E-state index < -0.39 is 0 Å². The smallest absolute Gasteiger partial charge is 0.238 e. The lowest BCUT2D eigenvalue weighted by Crippen LogP contribution is -2.55. The third kappa shape index (κ3) is 5.40. The Morgan fingerprint density at radius 2 is 0.855 bits per heavy atom. The van der Waals surface area contributed by atoms with Crippen LogP contribution in [0.2, 0.25) is 0 Å². The van der Waals surface area contributed by atoms with Gasteiger partial charge < -0.3 is 8.98 Å². The van der Waals surface area contributed by atoms with Crippen molar-refractivity contribution in [3.8, 4) is 45.5 Å². The van der Waals surface area contributed by atoms with E-state index in [0.717, 1.165) is 71.6 Å². The number of nitrogens with zero attached hydrogens (tertiary/aromatic N) is 5. The quantitative estimate of drug-likeness (QED) is 0.245. The van der Waals surface area contributed by atoms with E-state index in [2.05, 4.69) is 206 Å². The van der Waals surface area contributed by atoms with Gasteiger partial charge in [0.15, 0.2) is 11.6 Å². The molecular weight excluding hydrogens is 753 g/mol. The predicted octanol–water partition coefficient (Wildman–Crippen LogP) is 4.26. The fourth-order valence-corrected chi connectivity index (χ4v) is 9.78. The number of aromatic nitrogens is 5. The van der Waals surface area contributed by atoms with Gasteiger partial charge in [0.1, 0.15) is 50.4 Å². The van der Waals surface area contributed by atoms with Crippen LogP contribution < -0.4 is 27.3 Å². The molecule has 0 N–H and O–H groups in total. The highest BCUT2D eigenvalue weighted by molar-refractivity contribution is 6.68. The summed E-state index contributed by atoms with van der Waals surface area (Å²) in [6.07, 6.45) is 0. The van der Waals surface area contributed by atoms with Gasteiger partial charge in [0.05, 0.1) is 22.1 Å². The highest BCUT2D eigenvalue weighted by Gasteiger charge is 2.22. The molecule has 0 spiro atoms. The zero-order chi connectivity index (χ0) is 41.8. The molecule has 4 heterocycles. The average molecular weight is 789 g/mol. The second-order valence-corrected chi connectivity index (χ2v) is 16.6. The minimum absolute atomic E-state index is 0.577. The predicted molar refractivity (Wildman–Crippen MR) is 273 cm³/mol. The lowest BCUT2D eigenvalue weighted by atomic mass is 9.60. The van der Waals surface area contributed by atoms with Gasteiger partial charge in [0.2, 0.25) is 5.95 Å². The van der Waals surface area contributed by atoms with Crippen LogP contribution in [0.1, 0.15) is 0 Å². The molecule has 0 aliphatic heterocycles. The SMILES string of the molecule is Bc1c(B)c(B)c(-c2nc(-c3ccc4c(c3)oc3cc(-n5c6ccccc6c6ccc(-c7ccccc7)cc65)ccc34)nc(-n3c4ccccc4c4ccccc43)n2)c(B)c1B. The van der Waals surface area contributed by atoms with E-state index >= 15 is 0 Å². The molecule has 0 aliphatic carbocycles. The van der Waals surface area contributed by atoms with E-state index in [9.17, 15) is 0 Å². The van der Waals surface area contributed by atoms with Crippen LogP contribution in [0.15, 0.2) is 162 Å². The number of hydrogen-bond donors (Lipinski definition) is 0. The van der Waals surface area contributed by atoms with Crippen LogP contribution in [0.3, 0.4) is 0 Å². The van der Waals surface area contributed by atoms with Gasteiger partial charge in [-0.1, -0.05) is 114 Å². The highest BCUT2D eigenvalue weighted by Crippen LogP contribution is 2.38. The molecule has 0 unspecified atom stereocenters. The first-order chi connectivity index (χ1) is 30.3. The maximum Gasteiger partial charge on any atom is 0.238 e. The van der Waals surface area contributed by atoms with E-state index in [1.165, 1.54) is 49.2 Å². The van der Waals surface area contributed by atoms with Crippen LogP contribution in [0.5, 0.6) is 0 Å². The van der Waals surface area contributed by atoms with Gasteiger partial charge in [-0.25, -0.2) is 4.98 Å². The summed E-state index contributed by atoms with van der Waals surface area (Å²) in [5.74, 6) is 1.82. The Balaban J connectivity index is 1.05. The number of fused-ring (bicyclic) bond motifs is 9. The number of rotatable bonds is 5. The van der Waals surface area contributed by atoms with E-state index in [1.807, 2.05) is 0 Å². The van der Waals surface area contributed by atoms with Crippen molar-refractivity contribution in [2.24, 2.45) is 0 Å². The Labute approximate surface area is 362 Å². The lowest BCUT2D eigenvalue weighted by molar-refractivity contribution is 0.668. The molecule has 0 saturated carbocycles. The van der Waals surface area contributed by atoms with Crippen molar-refractivity contribution >= 4 is 132 Å². The van der Waals surface area contributed by atoms with Crippen molar-refractivity contribution < 1.29 is 4.42 Å². The first kappa shape index (κ1) is 36.4. The Kier molecular flexibility index (Phi) is 8.07. The molecule has 12 rings (SSSR count). The zero-order valence-electron chi connectivity index (χ0n) is 35.2. The summed E-state index contributed by atoms with van der Waals surface area (Å²) in [4.78, 5) is 15.9. The largest absolute Gasteiger partial charge is 0.456 e. The number of furan rings is 1. The molecule has 0 radical (unpaired) electrons. The van der Waals surface area contributed by atoms with Gasteiger partial charge in [-0.05, 0) is 59.7 Å². The molecule has 8 aromatic carbocycles. The summed E-state index contributed by atoms with van der Waals surface area (Å²) in [5.41, 5.74) is 17.5. The third-order valence-electron chi connectivity index (χ3n) is 13.4. The molecule has 0 saturated heterocycles. The van der Waals surface area contributed by atoms with E-state index in [1.54, 1.807) is 0 Å². The molecule has 0 amide bonds. The van der Waals surface area contributed by atoms with Gasteiger partial charge >= 0.3 is 0 Å². The van der Waals surface area contributed by atoms with E-state index in [4.69, 9.17) is 19.4 Å². The summed E-state index contributed by atoms with van der Waals surface area (Å²) in [5, 5.41) is 6.84. The summed E-state index contributed by atoms with van der Waals surface area (Å²) >= 11 is 0. The summed E-state index contributed by atoms with van der Waals surface area (Å²) < 4.78 is 11.3. The molecule has 0 bridgehead atoms. The summed E-state index contributed by atoms with van der Waals surface area (Å²) in [7, 11) is 11.0. The monoisotopic (exact) mass is 789 g/mol.